The molecule has 2 rings (SSSR count). The van der Waals surface area contributed by atoms with Gasteiger partial charge in [0.15, 0.2) is 0 Å². The van der Waals surface area contributed by atoms with Gasteiger partial charge in [-0.2, -0.15) is 13.2 Å². The molecule has 0 N–H and O–H groups in total. The molecule has 1 fully saturated rings. The molecule has 0 aliphatic carbocycles. The maximum atomic E-state index is 13.1. The van der Waals surface area contributed by atoms with Crippen LogP contribution in [0.15, 0.2) is 18.2 Å². The molecule has 0 aromatic heterocycles. The Labute approximate surface area is 128 Å². The zero-order valence-electron chi connectivity index (χ0n) is 12.3. The number of piperidine rings is 1. The van der Waals surface area contributed by atoms with E-state index in [1.807, 2.05) is 19.0 Å². The first-order valence-electron chi connectivity index (χ1n) is 7.00. The fourth-order valence-electron chi connectivity index (χ4n) is 2.83. The predicted molar refractivity (Wildman–Crippen MR) is 79.9 cm³/mol. The van der Waals surface area contributed by atoms with Crippen LogP contribution in [0, 0.1) is 0 Å². The summed E-state index contributed by atoms with van der Waals surface area (Å²) in [5.41, 5.74) is 0.0876. The Kier molecular flexibility index (Phi) is 5.04. The zero-order chi connectivity index (χ0) is 15.6. The van der Waals surface area contributed by atoms with E-state index in [4.69, 9.17) is 11.6 Å². The van der Waals surface area contributed by atoms with Gasteiger partial charge in [-0.1, -0.05) is 6.07 Å². The summed E-state index contributed by atoms with van der Waals surface area (Å²) in [6.45, 7) is 1.92. The van der Waals surface area contributed by atoms with Crippen LogP contribution in [0.5, 0.6) is 0 Å². The summed E-state index contributed by atoms with van der Waals surface area (Å²) in [4.78, 5) is 4.16. The van der Waals surface area contributed by atoms with Crippen molar-refractivity contribution in [2.45, 2.75) is 30.9 Å². The molecular weight excluding hydrogens is 301 g/mol. The standard InChI is InChI=1S/C15H20ClF3N2/c1-20-7-3-4-13(10-20)21(2)12-6-5-11(9-16)14(8-12)15(17,18)19/h5-6,8,13H,3-4,7,9-10H2,1-2H3. The smallest absolute Gasteiger partial charge is 0.370 e. The second kappa shape index (κ2) is 6.44. The summed E-state index contributed by atoms with van der Waals surface area (Å²) < 4.78 is 39.3. The highest BCUT2D eigenvalue weighted by atomic mass is 35.5. The molecule has 0 bridgehead atoms. The predicted octanol–water partition coefficient (Wildman–Crippen LogP) is 3.97. The van der Waals surface area contributed by atoms with Gasteiger partial charge in [-0.25, -0.2) is 0 Å². The monoisotopic (exact) mass is 320 g/mol. The number of alkyl halides is 4. The van der Waals surface area contributed by atoms with Crippen molar-refractivity contribution >= 4 is 17.3 Å². The normalized spacial score (nSPS) is 20.6. The lowest BCUT2D eigenvalue weighted by Gasteiger charge is -2.37. The minimum Gasteiger partial charge on any atom is -0.370 e. The van der Waals surface area contributed by atoms with Crippen LogP contribution in [-0.4, -0.2) is 38.1 Å². The third kappa shape index (κ3) is 3.83. The molecule has 21 heavy (non-hydrogen) atoms. The SMILES string of the molecule is CN1CCCC(N(C)c2ccc(CCl)c(C(F)(F)F)c2)C1. The van der Waals surface area contributed by atoms with E-state index in [1.54, 1.807) is 6.07 Å². The number of benzene rings is 1. The van der Waals surface area contributed by atoms with E-state index in [1.165, 1.54) is 12.1 Å². The van der Waals surface area contributed by atoms with E-state index in [9.17, 15) is 13.2 Å². The van der Waals surface area contributed by atoms with Crippen LogP contribution in [0.3, 0.4) is 0 Å². The Morgan fingerprint density at radius 3 is 2.67 bits per heavy atom. The molecule has 1 saturated heterocycles. The summed E-state index contributed by atoms with van der Waals surface area (Å²) in [6.07, 6.45) is -2.30. The van der Waals surface area contributed by atoms with Gasteiger partial charge >= 0.3 is 6.18 Å². The quantitative estimate of drug-likeness (QED) is 0.777. The van der Waals surface area contributed by atoms with Crippen LogP contribution in [-0.2, 0) is 12.1 Å². The fraction of sp³-hybridized carbons (Fsp3) is 0.600. The summed E-state index contributed by atoms with van der Waals surface area (Å²) in [7, 11) is 3.90. The first-order valence-corrected chi connectivity index (χ1v) is 7.54. The average molecular weight is 321 g/mol. The Morgan fingerprint density at radius 2 is 2.10 bits per heavy atom. The number of likely N-dealkylation sites (tertiary alicyclic amines) is 1. The van der Waals surface area contributed by atoms with E-state index in [-0.39, 0.29) is 17.5 Å². The van der Waals surface area contributed by atoms with Gasteiger partial charge in [0.1, 0.15) is 0 Å². The fourth-order valence-corrected chi connectivity index (χ4v) is 3.06. The molecule has 6 heteroatoms. The summed E-state index contributed by atoms with van der Waals surface area (Å²) >= 11 is 5.62. The van der Waals surface area contributed by atoms with Gasteiger partial charge < -0.3 is 9.80 Å². The van der Waals surface area contributed by atoms with Crippen molar-refractivity contribution in [1.82, 2.24) is 4.90 Å². The van der Waals surface area contributed by atoms with Crippen LogP contribution in [0.4, 0.5) is 18.9 Å². The highest BCUT2D eigenvalue weighted by molar-refractivity contribution is 6.17. The maximum absolute atomic E-state index is 13.1. The molecule has 2 nitrogen and oxygen atoms in total. The third-order valence-electron chi connectivity index (χ3n) is 4.10. The van der Waals surface area contributed by atoms with E-state index in [0.717, 1.165) is 25.9 Å². The Bertz CT molecular complexity index is 490. The van der Waals surface area contributed by atoms with E-state index < -0.39 is 11.7 Å². The van der Waals surface area contributed by atoms with Crippen molar-refractivity contribution in [1.29, 1.82) is 0 Å². The number of hydrogen-bond acceptors (Lipinski definition) is 2. The topological polar surface area (TPSA) is 6.48 Å². The summed E-state index contributed by atoms with van der Waals surface area (Å²) in [5, 5.41) is 0. The Balaban J connectivity index is 2.27. The van der Waals surface area contributed by atoms with Crippen molar-refractivity contribution in [2.75, 3.05) is 32.1 Å². The highest BCUT2D eigenvalue weighted by Gasteiger charge is 2.34. The van der Waals surface area contributed by atoms with Gasteiger partial charge in [0.25, 0.3) is 0 Å². The van der Waals surface area contributed by atoms with E-state index in [2.05, 4.69) is 4.90 Å². The maximum Gasteiger partial charge on any atom is 0.416 e. The largest absolute Gasteiger partial charge is 0.416 e. The molecule has 0 amide bonds. The first-order chi connectivity index (χ1) is 9.82. The number of nitrogens with zero attached hydrogens (tertiary/aromatic N) is 2. The molecule has 1 aromatic rings. The van der Waals surface area contributed by atoms with Gasteiger partial charge in [0, 0.05) is 31.2 Å². The van der Waals surface area contributed by atoms with Crippen molar-refractivity contribution in [3.8, 4) is 0 Å². The van der Waals surface area contributed by atoms with E-state index >= 15 is 0 Å². The summed E-state index contributed by atoms with van der Waals surface area (Å²) in [6, 6.07) is 4.66. The van der Waals surface area contributed by atoms with Gasteiger partial charge in [0.2, 0.25) is 0 Å². The number of halogens is 4. The van der Waals surface area contributed by atoms with Crippen molar-refractivity contribution in [3.63, 3.8) is 0 Å². The minimum atomic E-state index is -4.37. The van der Waals surface area contributed by atoms with Gasteiger partial charge in [-0.05, 0) is 44.1 Å². The van der Waals surface area contributed by atoms with Gasteiger partial charge in [-0.15, -0.1) is 11.6 Å². The highest BCUT2D eigenvalue weighted by Crippen LogP contribution is 2.35. The van der Waals surface area contributed by atoms with Crippen LogP contribution >= 0.6 is 11.6 Å². The zero-order valence-corrected chi connectivity index (χ0v) is 13.0. The molecule has 118 valence electrons. The Hall–Kier alpha value is -0.940. The van der Waals surface area contributed by atoms with Crippen LogP contribution in [0.2, 0.25) is 0 Å². The van der Waals surface area contributed by atoms with E-state index in [0.29, 0.717) is 5.69 Å². The minimum absolute atomic E-state index is 0.127. The second-order valence-electron chi connectivity index (χ2n) is 5.64. The number of rotatable bonds is 3. The number of likely N-dealkylation sites (N-methyl/N-ethyl adjacent to an activating group) is 2. The van der Waals surface area contributed by atoms with Crippen molar-refractivity contribution < 1.29 is 13.2 Å². The lowest BCUT2D eigenvalue weighted by molar-refractivity contribution is -0.138. The van der Waals surface area contributed by atoms with Gasteiger partial charge in [0.05, 0.1) is 5.56 Å². The number of anilines is 1. The molecule has 0 spiro atoms. The first kappa shape index (κ1) is 16.4. The third-order valence-corrected chi connectivity index (χ3v) is 4.39. The molecule has 1 unspecified atom stereocenters. The molecule has 1 heterocycles. The molecule has 0 saturated carbocycles. The van der Waals surface area contributed by atoms with Crippen LogP contribution in [0.1, 0.15) is 24.0 Å². The molecule has 0 radical (unpaired) electrons. The summed E-state index contributed by atoms with van der Waals surface area (Å²) in [5.74, 6) is -0.134. The van der Waals surface area contributed by atoms with Crippen molar-refractivity contribution in [2.24, 2.45) is 0 Å². The van der Waals surface area contributed by atoms with Gasteiger partial charge in [-0.3, -0.25) is 0 Å². The van der Waals surface area contributed by atoms with Crippen molar-refractivity contribution in [3.05, 3.63) is 29.3 Å². The molecule has 1 atom stereocenters. The van der Waals surface area contributed by atoms with Crippen LogP contribution < -0.4 is 4.90 Å². The second-order valence-corrected chi connectivity index (χ2v) is 5.91. The molecule has 1 aliphatic rings. The molecule has 1 aliphatic heterocycles. The number of hydrogen-bond donors (Lipinski definition) is 0. The Morgan fingerprint density at radius 1 is 1.38 bits per heavy atom. The molecular formula is C15H20ClF3N2. The molecule has 1 aromatic carbocycles. The lowest BCUT2D eigenvalue weighted by atomic mass is 10.0. The van der Waals surface area contributed by atoms with Crippen LogP contribution in [0.25, 0.3) is 0 Å². The average Bonchev–Trinajstić information content (AvgIpc) is 2.45. The lowest BCUT2D eigenvalue weighted by Crippen LogP contribution is -2.45.